The molecule has 0 saturated heterocycles. The Morgan fingerprint density at radius 1 is 0.406 bits per heavy atom. The molecule has 0 aromatic heterocycles. The summed E-state index contributed by atoms with van der Waals surface area (Å²) in [5.41, 5.74) is 24.7. The van der Waals surface area contributed by atoms with Crippen LogP contribution in [0.1, 0.15) is 36.1 Å². The van der Waals surface area contributed by atoms with Crippen molar-refractivity contribution in [2.75, 3.05) is 4.90 Å². The molecule has 0 radical (unpaired) electrons. The fourth-order valence-electron chi connectivity index (χ4n) is 11.7. The van der Waals surface area contributed by atoms with Crippen LogP contribution in [0.5, 0.6) is 0 Å². The smallest absolute Gasteiger partial charge is 0.0540 e. The standard InChI is InChI=1S/C68H49N/c1-68(2)61-42-39-52(44-60(61)66-55(32-18-34-62(66)68)46-19-5-3-6-20-46)69(64-36-14-12-31-59(64)58-33-17-24-45-23-9-10-29-53(45)58)63-35-13-11-30-54(63)50-27-16-28-51(43-50)57-41-38-49-26-15-25-48-37-40-56(67(57)65(48)49)47-21-7-4-8-22-47/h3-44,65H,1-2H3. The minimum atomic E-state index is -0.170. The number of hydrogen-bond donors (Lipinski definition) is 0. The molecule has 1 heteroatoms. The van der Waals surface area contributed by atoms with Crippen molar-refractivity contribution in [3.63, 3.8) is 0 Å². The van der Waals surface area contributed by atoms with Gasteiger partial charge in [0.05, 0.1) is 11.4 Å². The highest BCUT2D eigenvalue weighted by molar-refractivity contribution is 6.04. The Balaban J connectivity index is 1.03. The zero-order valence-corrected chi connectivity index (χ0v) is 38.8. The van der Waals surface area contributed by atoms with Crippen molar-refractivity contribution in [1.29, 1.82) is 0 Å². The highest BCUT2D eigenvalue weighted by Gasteiger charge is 2.38. The molecule has 9 aromatic carbocycles. The third-order valence-electron chi connectivity index (χ3n) is 15.0. The first kappa shape index (κ1) is 40.7. The maximum Gasteiger partial charge on any atom is 0.0540 e. The van der Waals surface area contributed by atoms with E-state index in [4.69, 9.17) is 0 Å². The second-order valence-electron chi connectivity index (χ2n) is 19.2. The van der Waals surface area contributed by atoms with Gasteiger partial charge >= 0.3 is 0 Å². The van der Waals surface area contributed by atoms with Gasteiger partial charge in [-0.3, -0.25) is 0 Å². The lowest BCUT2D eigenvalue weighted by molar-refractivity contribution is 0.660. The summed E-state index contributed by atoms with van der Waals surface area (Å²) in [4.78, 5) is 2.53. The van der Waals surface area contributed by atoms with Crippen LogP contribution in [-0.4, -0.2) is 0 Å². The van der Waals surface area contributed by atoms with Gasteiger partial charge in [-0.2, -0.15) is 0 Å². The number of anilines is 3. The van der Waals surface area contributed by atoms with E-state index in [-0.39, 0.29) is 11.3 Å². The Morgan fingerprint density at radius 2 is 1.03 bits per heavy atom. The minimum Gasteiger partial charge on any atom is -0.309 e. The van der Waals surface area contributed by atoms with Crippen LogP contribution in [0.25, 0.3) is 66.4 Å². The molecule has 0 fully saturated rings. The fourth-order valence-corrected chi connectivity index (χ4v) is 11.7. The Labute approximate surface area is 405 Å². The molecule has 1 nitrogen and oxygen atoms in total. The Morgan fingerprint density at radius 3 is 1.87 bits per heavy atom. The van der Waals surface area contributed by atoms with Crippen LogP contribution in [0, 0.1) is 5.92 Å². The Bertz CT molecular complexity index is 3730. The molecule has 4 aliphatic rings. The van der Waals surface area contributed by atoms with E-state index in [1.165, 1.54) is 94.3 Å². The molecular weight excluding hydrogens is 831 g/mol. The van der Waals surface area contributed by atoms with Crippen LogP contribution in [0.3, 0.4) is 0 Å². The van der Waals surface area contributed by atoms with E-state index < -0.39 is 0 Å². The van der Waals surface area contributed by atoms with E-state index in [0.29, 0.717) is 0 Å². The second-order valence-corrected chi connectivity index (χ2v) is 19.2. The molecule has 4 aliphatic carbocycles. The highest BCUT2D eigenvalue weighted by Crippen LogP contribution is 2.55. The van der Waals surface area contributed by atoms with E-state index in [1.807, 2.05) is 0 Å². The van der Waals surface area contributed by atoms with E-state index in [0.717, 1.165) is 28.2 Å². The third-order valence-corrected chi connectivity index (χ3v) is 15.0. The molecule has 13 rings (SSSR count). The van der Waals surface area contributed by atoms with E-state index in [2.05, 4.69) is 274 Å². The van der Waals surface area contributed by atoms with Crippen molar-refractivity contribution < 1.29 is 0 Å². The number of para-hydroxylation sites is 2. The molecule has 9 aromatic rings. The van der Waals surface area contributed by atoms with E-state index in [9.17, 15) is 0 Å². The molecule has 326 valence electrons. The molecule has 1 atom stereocenters. The summed E-state index contributed by atoms with van der Waals surface area (Å²) in [5.74, 6) is 0.185. The van der Waals surface area contributed by atoms with Crippen molar-refractivity contribution in [2.45, 2.75) is 19.3 Å². The first-order valence-corrected chi connectivity index (χ1v) is 24.2. The van der Waals surface area contributed by atoms with Gasteiger partial charge in [0.15, 0.2) is 0 Å². The summed E-state index contributed by atoms with van der Waals surface area (Å²) in [6.07, 6.45) is 16.1. The van der Waals surface area contributed by atoms with Crippen molar-refractivity contribution >= 4 is 39.0 Å². The molecule has 0 N–H and O–H groups in total. The summed E-state index contributed by atoms with van der Waals surface area (Å²) in [6.45, 7) is 4.76. The van der Waals surface area contributed by atoms with Gasteiger partial charge in [0.2, 0.25) is 0 Å². The summed E-state index contributed by atoms with van der Waals surface area (Å²) in [7, 11) is 0. The molecule has 0 bridgehead atoms. The van der Waals surface area contributed by atoms with Crippen molar-refractivity contribution in [3.05, 3.63) is 294 Å². The van der Waals surface area contributed by atoms with E-state index >= 15 is 0 Å². The number of allylic oxidation sites excluding steroid dienone is 12. The van der Waals surface area contributed by atoms with Gasteiger partial charge in [-0.05, 0) is 125 Å². The van der Waals surface area contributed by atoms with Crippen LogP contribution >= 0.6 is 0 Å². The average molecular weight is 880 g/mol. The van der Waals surface area contributed by atoms with Gasteiger partial charge in [-0.15, -0.1) is 0 Å². The summed E-state index contributed by atoms with van der Waals surface area (Å²) < 4.78 is 0. The van der Waals surface area contributed by atoms with Gasteiger partial charge in [-0.25, -0.2) is 0 Å². The van der Waals surface area contributed by atoms with Gasteiger partial charge in [-0.1, -0.05) is 238 Å². The van der Waals surface area contributed by atoms with Crippen LogP contribution in [0.15, 0.2) is 272 Å². The van der Waals surface area contributed by atoms with Crippen LogP contribution in [0.2, 0.25) is 0 Å². The summed E-state index contributed by atoms with van der Waals surface area (Å²) in [5, 5.41) is 2.46. The molecule has 0 aliphatic heterocycles. The second kappa shape index (κ2) is 16.4. The summed E-state index contributed by atoms with van der Waals surface area (Å²) >= 11 is 0. The minimum absolute atomic E-state index is 0.170. The number of benzene rings is 9. The molecule has 0 saturated carbocycles. The molecule has 0 spiro atoms. The van der Waals surface area contributed by atoms with Crippen LogP contribution in [0.4, 0.5) is 17.1 Å². The number of nitrogens with zero attached hydrogens (tertiary/aromatic N) is 1. The van der Waals surface area contributed by atoms with Gasteiger partial charge < -0.3 is 4.90 Å². The average Bonchev–Trinajstić information content (AvgIpc) is 3.64. The van der Waals surface area contributed by atoms with Gasteiger partial charge in [0, 0.05) is 28.1 Å². The third kappa shape index (κ3) is 6.68. The Hall–Kier alpha value is -8.52. The van der Waals surface area contributed by atoms with Crippen LogP contribution in [-0.2, 0) is 5.41 Å². The molecule has 69 heavy (non-hydrogen) atoms. The zero-order chi connectivity index (χ0) is 46.1. The van der Waals surface area contributed by atoms with Gasteiger partial charge in [0.1, 0.15) is 0 Å². The van der Waals surface area contributed by atoms with Crippen molar-refractivity contribution in [2.24, 2.45) is 5.92 Å². The predicted octanol–water partition coefficient (Wildman–Crippen LogP) is 18.1. The molecular formula is C68H49N. The first-order chi connectivity index (χ1) is 34.0. The first-order valence-electron chi connectivity index (χ1n) is 24.2. The fraction of sp³-hybridized carbons (Fsp3) is 0.0588. The molecule has 0 heterocycles. The molecule has 1 unspecified atom stereocenters. The lowest BCUT2D eigenvalue weighted by Gasteiger charge is -2.34. The Kier molecular flexibility index (Phi) is 9.66. The summed E-state index contributed by atoms with van der Waals surface area (Å²) in [6, 6.07) is 78.5. The zero-order valence-electron chi connectivity index (χ0n) is 38.8. The van der Waals surface area contributed by atoms with Crippen molar-refractivity contribution in [1.82, 2.24) is 0 Å². The van der Waals surface area contributed by atoms with E-state index in [1.54, 1.807) is 0 Å². The number of hydrogen-bond acceptors (Lipinski definition) is 1. The van der Waals surface area contributed by atoms with Crippen LogP contribution < -0.4 is 4.90 Å². The SMILES string of the molecule is CC1(C)c2ccc(N(c3ccccc3-c3cccc(C4=C5C(c6ccccc6)=CC=C6C=CC=C(C=C4)C65)c3)c3ccccc3-c3cccc4ccccc34)cc2-c2c(-c3ccccc3)cccc21. The maximum atomic E-state index is 2.53. The quantitative estimate of drug-likeness (QED) is 0.147. The highest BCUT2D eigenvalue weighted by atomic mass is 15.1. The van der Waals surface area contributed by atoms with Crippen molar-refractivity contribution in [3.8, 4) is 44.5 Å². The lowest BCUT2D eigenvalue weighted by atomic mass is 9.69. The maximum absolute atomic E-state index is 2.53. The largest absolute Gasteiger partial charge is 0.309 e. The predicted molar refractivity (Wildman–Crippen MR) is 292 cm³/mol. The lowest BCUT2D eigenvalue weighted by Crippen LogP contribution is -2.19. The van der Waals surface area contributed by atoms with Gasteiger partial charge in [0.25, 0.3) is 0 Å². The molecule has 0 amide bonds. The topological polar surface area (TPSA) is 3.24 Å². The monoisotopic (exact) mass is 879 g/mol. The number of rotatable bonds is 8. The number of fused-ring (bicyclic) bond motifs is 4. The normalized spacial score (nSPS) is 16.0.